The molecule has 2 aromatic rings. The second-order valence-corrected chi connectivity index (χ2v) is 6.99. The van der Waals surface area contributed by atoms with E-state index in [4.69, 9.17) is 14.2 Å². The molecule has 0 radical (unpaired) electrons. The predicted octanol–water partition coefficient (Wildman–Crippen LogP) is 2.32. The van der Waals surface area contributed by atoms with Gasteiger partial charge in [-0.05, 0) is 30.2 Å². The third kappa shape index (κ3) is 6.28. The Hall–Kier alpha value is -3.42. The molecule has 168 valence electrons. The van der Waals surface area contributed by atoms with Crippen molar-refractivity contribution in [1.82, 2.24) is 15.5 Å². The van der Waals surface area contributed by atoms with Crippen LogP contribution in [0, 0.1) is 0 Å². The van der Waals surface area contributed by atoms with Crippen LogP contribution in [0.15, 0.2) is 41.4 Å². The number of aliphatic imine (C=N–C) groups is 1. The number of guanidine groups is 1. The molecule has 0 aromatic heterocycles. The molecule has 0 aliphatic heterocycles. The topological polar surface area (TPSA) is 84.4 Å². The number of hydrogen-bond acceptors (Lipinski definition) is 5. The zero-order valence-electron chi connectivity index (χ0n) is 19.1. The number of benzene rings is 2. The van der Waals surface area contributed by atoms with Gasteiger partial charge in [0.15, 0.2) is 17.5 Å². The number of hydrogen-bond donors (Lipinski definition) is 2. The van der Waals surface area contributed by atoms with Crippen LogP contribution in [0.1, 0.15) is 21.5 Å². The van der Waals surface area contributed by atoms with Crippen molar-refractivity contribution < 1.29 is 19.0 Å². The van der Waals surface area contributed by atoms with Crippen LogP contribution in [0.5, 0.6) is 17.2 Å². The molecule has 0 spiro atoms. The Bertz CT molecular complexity index is 895. The van der Waals surface area contributed by atoms with Gasteiger partial charge in [0.05, 0.1) is 21.3 Å². The van der Waals surface area contributed by atoms with Gasteiger partial charge < -0.3 is 29.7 Å². The van der Waals surface area contributed by atoms with E-state index in [-0.39, 0.29) is 5.91 Å². The van der Waals surface area contributed by atoms with Gasteiger partial charge in [-0.3, -0.25) is 9.79 Å². The monoisotopic (exact) mass is 428 g/mol. The average Bonchev–Trinajstić information content (AvgIpc) is 2.80. The van der Waals surface area contributed by atoms with Crippen LogP contribution in [0.25, 0.3) is 0 Å². The van der Waals surface area contributed by atoms with E-state index in [9.17, 15) is 4.79 Å². The summed E-state index contributed by atoms with van der Waals surface area (Å²) in [5.41, 5.74) is 2.73. The molecule has 0 aliphatic rings. The van der Waals surface area contributed by atoms with Crippen molar-refractivity contribution in [2.45, 2.75) is 13.0 Å². The number of rotatable bonds is 9. The number of ether oxygens (including phenoxy) is 3. The quantitative estimate of drug-likeness (QED) is 0.471. The van der Waals surface area contributed by atoms with E-state index in [0.717, 1.165) is 11.1 Å². The highest BCUT2D eigenvalue weighted by Gasteiger charge is 2.15. The van der Waals surface area contributed by atoms with E-state index in [1.165, 1.54) is 0 Å². The Morgan fingerprint density at radius 2 is 1.61 bits per heavy atom. The van der Waals surface area contributed by atoms with E-state index in [1.54, 1.807) is 47.4 Å². The van der Waals surface area contributed by atoms with Gasteiger partial charge >= 0.3 is 0 Å². The van der Waals surface area contributed by atoms with E-state index in [0.29, 0.717) is 48.3 Å². The lowest BCUT2D eigenvalue weighted by Gasteiger charge is -2.17. The third-order valence-electron chi connectivity index (χ3n) is 4.76. The summed E-state index contributed by atoms with van der Waals surface area (Å²) in [5.74, 6) is 2.56. The van der Waals surface area contributed by atoms with Crippen molar-refractivity contribution in [2.24, 2.45) is 4.99 Å². The molecule has 8 nitrogen and oxygen atoms in total. The maximum absolute atomic E-state index is 12.0. The molecule has 8 heteroatoms. The molecule has 0 heterocycles. The second kappa shape index (κ2) is 11.7. The maximum atomic E-state index is 12.0. The Morgan fingerprint density at radius 3 is 2.16 bits per heavy atom. The Kier molecular flexibility index (Phi) is 8.99. The van der Waals surface area contributed by atoms with E-state index in [1.807, 2.05) is 36.4 Å². The Morgan fingerprint density at radius 1 is 0.935 bits per heavy atom. The summed E-state index contributed by atoms with van der Waals surface area (Å²) in [5, 5.41) is 6.58. The number of carbonyl (C=O) groups is 1. The van der Waals surface area contributed by atoms with Crippen molar-refractivity contribution in [2.75, 3.05) is 49.0 Å². The minimum absolute atomic E-state index is 0.0115. The first kappa shape index (κ1) is 23.9. The number of nitrogens with one attached hydrogen (secondary N) is 2. The van der Waals surface area contributed by atoms with Gasteiger partial charge in [0, 0.05) is 45.4 Å². The molecule has 1 amide bonds. The molecular formula is C23H32N4O4. The molecular weight excluding hydrogens is 396 g/mol. The summed E-state index contributed by atoms with van der Waals surface area (Å²) >= 11 is 0. The van der Waals surface area contributed by atoms with Gasteiger partial charge in [-0.15, -0.1) is 0 Å². The normalized spacial score (nSPS) is 11.0. The molecule has 2 aromatic carbocycles. The SMILES string of the molecule is CN=C(NCCc1ccc(OC)c(OC)c1OC)NCc1ccc(C(=O)N(C)C)cc1. The van der Waals surface area contributed by atoms with E-state index in [2.05, 4.69) is 15.6 Å². The number of carbonyl (C=O) groups excluding carboxylic acids is 1. The minimum Gasteiger partial charge on any atom is -0.493 e. The average molecular weight is 429 g/mol. The van der Waals surface area contributed by atoms with Crippen molar-refractivity contribution >= 4 is 11.9 Å². The summed E-state index contributed by atoms with van der Waals surface area (Å²) in [6, 6.07) is 11.4. The van der Waals surface area contributed by atoms with Crippen molar-refractivity contribution in [1.29, 1.82) is 0 Å². The summed E-state index contributed by atoms with van der Waals surface area (Å²) in [6.45, 7) is 1.25. The van der Waals surface area contributed by atoms with Crippen LogP contribution in [0.4, 0.5) is 0 Å². The lowest BCUT2D eigenvalue weighted by Crippen LogP contribution is -2.37. The highest BCUT2D eigenvalue weighted by atomic mass is 16.5. The lowest BCUT2D eigenvalue weighted by molar-refractivity contribution is 0.0827. The van der Waals surface area contributed by atoms with E-state index >= 15 is 0 Å². The van der Waals surface area contributed by atoms with Crippen molar-refractivity contribution in [3.8, 4) is 17.2 Å². The number of methoxy groups -OCH3 is 3. The van der Waals surface area contributed by atoms with E-state index < -0.39 is 0 Å². The zero-order valence-corrected chi connectivity index (χ0v) is 19.1. The fraction of sp³-hybridized carbons (Fsp3) is 0.391. The summed E-state index contributed by atoms with van der Waals surface area (Å²) in [6.07, 6.45) is 0.714. The fourth-order valence-corrected chi connectivity index (χ4v) is 3.11. The molecule has 0 fully saturated rings. The van der Waals surface area contributed by atoms with Crippen LogP contribution < -0.4 is 24.8 Å². The fourth-order valence-electron chi connectivity index (χ4n) is 3.11. The van der Waals surface area contributed by atoms with Crippen LogP contribution in [-0.4, -0.2) is 65.8 Å². The van der Waals surface area contributed by atoms with Gasteiger partial charge in [0.1, 0.15) is 0 Å². The van der Waals surface area contributed by atoms with Crippen LogP contribution in [-0.2, 0) is 13.0 Å². The van der Waals surface area contributed by atoms with Crippen molar-refractivity contribution in [3.63, 3.8) is 0 Å². The first-order valence-corrected chi connectivity index (χ1v) is 9.98. The van der Waals surface area contributed by atoms with Crippen LogP contribution in [0.2, 0.25) is 0 Å². The lowest BCUT2D eigenvalue weighted by atomic mass is 10.1. The molecule has 0 aliphatic carbocycles. The smallest absolute Gasteiger partial charge is 0.253 e. The molecule has 31 heavy (non-hydrogen) atoms. The molecule has 0 unspecified atom stereocenters. The molecule has 0 saturated carbocycles. The molecule has 2 N–H and O–H groups in total. The van der Waals surface area contributed by atoms with Crippen LogP contribution >= 0.6 is 0 Å². The zero-order chi connectivity index (χ0) is 22.8. The third-order valence-corrected chi connectivity index (χ3v) is 4.76. The Labute approximate surface area is 184 Å². The standard InChI is InChI=1S/C23H32N4O4/c1-24-23(26-15-16-7-9-18(10-8-16)22(28)27(2)3)25-14-13-17-11-12-19(29-4)21(31-6)20(17)30-5/h7-12H,13-15H2,1-6H3,(H2,24,25,26). The molecule has 2 rings (SSSR count). The second-order valence-electron chi connectivity index (χ2n) is 6.99. The van der Waals surface area contributed by atoms with Gasteiger partial charge in [-0.25, -0.2) is 0 Å². The van der Waals surface area contributed by atoms with Gasteiger partial charge in [-0.2, -0.15) is 0 Å². The van der Waals surface area contributed by atoms with Crippen LogP contribution in [0.3, 0.4) is 0 Å². The summed E-state index contributed by atoms with van der Waals surface area (Å²) in [7, 11) is 10.0. The van der Waals surface area contributed by atoms with Crippen molar-refractivity contribution in [3.05, 3.63) is 53.1 Å². The highest BCUT2D eigenvalue weighted by Crippen LogP contribution is 2.39. The molecule has 0 saturated heterocycles. The largest absolute Gasteiger partial charge is 0.493 e. The number of amides is 1. The first-order chi connectivity index (χ1) is 14.9. The number of nitrogens with zero attached hydrogens (tertiary/aromatic N) is 2. The maximum Gasteiger partial charge on any atom is 0.253 e. The first-order valence-electron chi connectivity index (χ1n) is 9.98. The Balaban J connectivity index is 1.91. The van der Waals surface area contributed by atoms with Gasteiger partial charge in [0.2, 0.25) is 5.75 Å². The summed E-state index contributed by atoms with van der Waals surface area (Å²) in [4.78, 5) is 17.8. The molecule has 0 atom stereocenters. The predicted molar refractivity (Wildman–Crippen MR) is 122 cm³/mol. The summed E-state index contributed by atoms with van der Waals surface area (Å²) < 4.78 is 16.3. The minimum atomic E-state index is -0.0115. The van der Waals surface area contributed by atoms with Gasteiger partial charge in [0.25, 0.3) is 5.91 Å². The highest BCUT2D eigenvalue weighted by molar-refractivity contribution is 5.93. The van der Waals surface area contributed by atoms with Gasteiger partial charge in [-0.1, -0.05) is 18.2 Å². The molecule has 0 bridgehead atoms.